The SMILES string of the molecule is CCc1ccsc1C(O)c1ccc(C)c(F)c1. The summed E-state index contributed by atoms with van der Waals surface area (Å²) in [5.41, 5.74) is 2.34. The van der Waals surface area contributed by atoms with Crippen LogP contribution in [0.25, 0.3) is 0 Å². The van der Waals surface area contributed by atoms with E-state index in [0.29, 0.717) is 11.1 Å². The van der Waals surface area contributed by atoms with Crippen LogP contribution in [0, 0.1) is 12.7 Å². The maximum Gasteiger partial charge on any atom is 0.126 e. The number of aryl methyl sites for hydroxylation is 2. The van der Waals surface area contributed by atoms with Crippen molar-refractivity contribution in [3.05, 3.63) is 57.0 Å². The molecule has 17 heavy (non-hydrogen) atoms. The summed E-state index contributed by atoms with van der Waals surface area (Å²) in [5.74, 6) is -0.267. The van der Waals surface area contributed by atoms with Gasteiger partial charge in [0.15, 0.2) is 0 Å². The van der Waals surface area contributed by atoms with E-state index < -0.39 is 6.10 Å². The van der Waals surface area contributed by atoms with E-state index in [1.54, 1.807) is 19.1 Å². The highest BCUT2D eigenvalue weighted by Gasteiger charge is 2.16. The summed E-state index contributed by atoms with van der Waals surface area (Å²) in [5, 5.41) is 12.2. The molecule has 1 aromatic carbocycles. The van der Waals surface area contributed by atoms with Crippen molar-refractivity contribution in [2.75, 3.05) is 0 Å². The van der Waals surface area contributed by atoms with Crippen molar-refractivity contribution in [1.29, 1.82) is 0 Å². The van der Waals surface area contributed by atoms with Crippen molar-refractivity contribution < 1.29 is 9.50 Å². The van der Waals surface area contributed by atoms with Crippen molar-refractivity contribution >= 4 is 11.3 Å². The molecule has 2 rings (SSSR count). The average molecular weight is 250 g/mol. The second-order valence-corrected chi connectivity index (χ2v) is 5.02. The molecule has 0 radical (unpaired) electrons. The molecule has 0 fully saturated rings. The molecule has 1 atom stereocenters. The highest BCUT2D eigenvalue weighted by molar-refractivity contribution is 7.10. The lowest BCUT2D eigenvalue weighted by atomic mass is 10.0. The molecule has 90 valence electrons. The molecule has 0 aliphatic rings. The third-order valence-electron chi connectivity index (χ3n) is 2.92. The summed E-state index contributed by atoms with van der Waals surface area (Å²) in [6, 6.07) is 6.91. The van der Waals surface area contributed by atoms with Gasteiger partial charge in [-0.1, -0.05) is 19.1 Å². The molecule has 0 saturated carbocycles. The Morgan fingerprint density at radius 1 is 1.35 bits per heavy atom. The van der Waals surface area contributed by atoms with Gasteiger partial charge in [-0.3, -0.25) is 0 Å². The minimum atomic E-state index is -0.722. The van der Waals surface area contributed by atoms with E-state index in [1.165, 1.54) is 17.4 Å². The number of thiophene rings is 1. The van der Waals surface area contributed by atoms with Gasteiger partial charge in [-0.2, -0.15) is 0 Å². The Bertz CT molecular complexity index is 519. The number of benzene rings is 1. The van der Waals surface area contributed by atoms with Crippen molar-refractivity contribution in [3.8, 4) is 0 Å². The van der Waals surface area contributed by atoms with Gasteiger partial charge >= 0.3 is 0 Å². The molecule has 1 unspecified atom stereocenters. The van der Waals surface area contributed by atoms with E-state index >= 15 is 0 Å². The quantitative estimate of drug-likeness (QED) is 0.877. The predicted molar refractivity (Wildman–Crippen MR) is 68.9 cm³/mol. The molecule has 3 heteroatoms. The zero-order valence-electron chi connectivity index (χ0n) is 9.90. The zero-order chi connectivity index (χ0) is 12.4. The van der Waals surface area contributed by atoms with Crippen LogP contribution in [0.5, 0.6) is 0 Å². The topological polar surface area (TPSA) is 20.2 Å². The van der Waals surface area contributed by atoms with Gasteiger partial charge in [0.05, 0.1) is 0 Å². The summed E-state index contributed by atoms with van der Waals surface area (Å²) < 4.78 is 13.5. The number of aliphatic hydroxyl groups excluding tert-OH is 1. The van der Waals surface area contributed by atoms with Gasteiger partial charge in [0.25, 0.3) is 0 Å². The fourth-order valence-corrected chi connectivity index (χ4v) is 2.82. The van der Waals surface area contributed by atoms with E-state index in [-0.39, 0.29) is 5.82 Å². The molecule has 0 spiro atoms. The van der Waals surface area contributed by atoms with Gasteiger partial charge in [-0.15, -0.1) is 11.3 Å². The van der Waals surface area contributed by atoms with Crippen LogP contribution in [0.1, 0.15) is 34.6 Å². The Morgan fingerprint density at radius 3 is 2.76 bits per heavy atom. The highest BCUT2D eigenvalue weighted by atomic mass is 32.1. The third kappa shape index (κ3) is 2.40. The second-order valence-electron chi connectivity index (χ2n) is 4.07. The molecule has 0 aliphatic heterocycles. The molecule has 1 heterocycles. The van der Waals surface area contributed by atoms with Crippen molar-refractivity contribution in [2.45, 2.75) is 26.4 Å². The summed E-state index contributed by atoms with van der Waals surface area (Å²) in [4.78, 5) is 0.913. The summed E-state index contributed by atoms with van der Waals surface area (Å²) in [6.07, 6.45) is 0.157. The Labute approximate surface area is 105 Å². The van der Waals surface area contributed by atoms with Crippen LogP contribution in [0.3, 0.4) is 0 Å². The minimum absolute atomic E-state index is 0.267. The molecule has 0 bridgehead atoms. The van der Waals surface area contributed by atoms with E-state index in [1.807, 2.05) is 18.4 Å². The molecule has 0 saturated heterocycles. The van der Waals surface area contributed by atoms with Crippen LogP contribution in [0.2, 0.25) is 0 Å². The Balaban J connectivity index is 2.36. The Kier molecular flexibility index (Phi) is 3.60. The number of hydrogen-bond acceptors (Lipinski definition) is 2. The Morgan fingerprint density at radius 2 is 2.12 bits per heavy atom. The number of rotatable bonds is 3. The van der Waals surface area contributed by atoms with Crippen LogP contribution < -0.4 is 0 Å². The summed E-state index contributed by atoms with van der Waals surface area (Å²) in [6.45, 7) is 3.77. The zero-order valence-corrected chi connectivity index (χ0v) is 10.7. The first-order valence-corrected chi connectivity index (χ1v) is 6.51. The average Bonchev–Trinajstić information content (AvgIpc) is 2.80. The van der Waals surface area contributed by atoms with Gasteiger partial charge in [0.2, 0.25) is 0 Å². The first-order valence-electron chi connectivity index (χ1n) is 5.64. The number of halogens is 1. The van der Waals surface area contributed by atoms with Gasteiger partial charge < -0.3 is 5.11 Å². The molecular formula is C14H15FOS. The van der Waals surface area contributed by atoms with E-state index in [4.69, 9.17) is 0 Å². The lowest BCUT2D eigenvalue weighted by molar-refractivity contribution is 0.222. The smallest absolute Gasteiger partial charge is 0.126 e. The van der Waals surface area contributed by atoms with Crippen molar-refractivity contribution in [3.63, 3.8) is 0 Å². The predicted octanol–water partition coefficient (Wildman–Crippen LogP) is 3.84. The van der Waals surface area contributed by atoms with Crippen LogP contribution in [-0.2, 0) is 6.42 Å². The van der Waals surface area contributed by atoms with Crippen LogP contribution in [-0.4, -0.2) is 5.11 Å². The number of aliphatic hydroxyl groups is 1. The molecular weight excluding hydrogens is 235 g/mol. The fraction of sp³-hybridized carbons (Fsp3) is 0.286. The largest absolute Gasteiger partial charge is 0.383 e. The van der Waals surface area contributed by atoms with Crippen LogP contribution >= 0.6 is 11.3 Å². The molecule has 0 aliphatic carbocycles. The number of hydrogen-bond donors (Lipinski definition) is 1. The Hall–Kier alpha value is -1.19. The van der Waals surface area contributed by atoms with E-state index in [0.717, 1.165) is 16.9 Å². The summed E-state index contributed by atoms with van der Waals surface area (Å²) >= 11 is 1.51. The maximum absolute atomic E-state index is 13.5. The van der Waals surface area contributed by atoms with E-state index in [9.17, 15) is 9.50 Å². The monoisotopic (exact) mass is 250 g/mol. The molecule has 2 aromatic rings. The molecule has 0 amide bonds. The first-order chi connectivity index (χ1) is 8.13. The second kappa shape index (κ2) is 4.98. The van der Waals surface area contributed by atoms with Gasteiger partial charge in [0, 0.05) is 4.88 Å². The van der Waals surface area contributed by atoms with Crippen LogP contribution in [0.4, 0.5) is 4.39 Å². The van der Waals surface area contributed by atoms with Gasteiger partial charge in [-0.25, -0.2) is 4.39 Å². The lowest BCUT2D eigenvalue weighted by Gasteiger charge is -2.12. The van der Waals surface area contributed by atoms with Crippen molar-refractivity contribution in [1.82, 2.24) is 0 Å². The molecule has 1 nitrogen and oxygen atoms in total. The normalized spacial score (nSPS) is 12.7. The standard InChI is InChI=1S/C14H15FOS/c1-3-10-6-7-17-14(10)13(16)11-5-4-9(2)12(15)8-11/h4-8,13,16H,3H2,1-2H3. The van der Waals surface area contributed by atoms with Gasteiger partial charge in [0.1, 0.15) is 11.9 Å². The first kappa shape index (κ1) is 12.3. The third-order valence-corrected chi connectivity index (χ3v) is 3.93. The fourth-order valence-electron chi connectivity index (χ4n) is 1.81. The van der Waals surface area contributed by atoms with Crippen molar-refractivity contribution in [2.24, 2.45) is 0 Å². The minimum Gasteiger partial charge on any atom is -0.383 e. The van der Waals surface area contributed by atoms with Crippen LogP contribution in [0.15, 0.2) is 29.6 Å². The van der Waals surface area contributed by atoms with Gasteiger partial charge in [-0.05, 0) is 47.5 Å². The highest BCUT2D eigenvalue weighted by Crippen LogP contribution is 2.30. The summed E-state index contributed by atoms with van der Waals surface area (Å²) in [7, 11) is 0. The molecule has 1 N–H and O–H groups in total. The molecule has 1 aromatic heterocycles. The lowest BCUT2D eigenvalue weighted by Crippen LogP contribution is -2.01. The maximum atomic E-state index is 13.5. The van der Waals surface area contributed by atoms with E-state index in [2.05, 4.69) is 0 Å².